The first-order valence-corrected chi connectivity index (χ1v) is 23.8. The third kappa shape index (κ3) is 5.88. The molecule has 13 rings (SSSR count). The number of aromatic nitrogens is 1. The van der Waals surface area contributed by atoms with Gasteiger partial charge in [0.2, 0.25) is 0 Å². The zero-order valence-corrected chi connectivity index (χ0v) is 36.6. The predicted molar refractivity (Wildman–Crippen MR) is 273 cm³/mol. The summed E-state index contributed by atoms with van der Waals surface area (Å²) in [6, 6.07) is 87.9. The van der Waals surface area contributed by atoms with Gasteiger partial charge in [0.1, 0.15) is 0 Å². The fourth-order valence-corrected chi connectivity index (χ4v) is 12.9. The monoisotopic (exact) mass is 878 g/mol. The van der Waals surface area contributed by atoms with Crippen molar-refractivity contribution in [3.05, 3.63) is 237 Å². The molecule has 64 heavy (non-hydrogen) atoms. The number of hydrogen-bond acceptors (Lipinski definition) is 1. The van der Waals surface area contributed by atoms with Crippen LogP contribution in [0.15, 0.2) is 237 Å². The number of hydrogen-bond donors (Lipinski definition) is 0. The van der Waals surface area contributed by atoms with Gasteiger partial charge in [-0.15, -0.1) is 0 Å². The number of nitrogens with zero attached hydrogens (tertiary/aromatic N) is 2. The number of para-hydroxylation sites is 3. The molecule has 0 spiro atoms. The van der Waals surface area contributed by atoms with E-state index in [2.05, 4.69) is 246 Å². The van der Waals surface area contributed by atoms with E-state index in [1.165, 1.54) is 114 Å². The molecule has 4 heteroatoms. The van der Waals surface area contributed by atoms with Crippen LogP contribution in [0, 0.1) is 0 Å². The Morgan fingerprint density at radius 3 is 1.42 bits per heavy atom. The van der Waals surface area contributed by atoms with Crippen molar-refractivity contribution >= 4 is 85.8 Å². The first-order valence-electron chi connectivity index (χ1n) is 22.0. The second kappa shape index (κ2) is 15.0. The third-order valence-electron chi connectivity index (χ3n) is 13.2. The molecule has 2 aliphatic rings. The van der Waals surface area contributed by atoms with Gasteiger partial charge in [0.05, 0.1) is 0 Å². The second-order valence-corrected chi connectivity index (χ2v) is 19.1. The second-order valence-electron chi connectivity index (χ2n) is 16.8. The molecule has 0 aliphatic carbocycles. The Balaban J connectivity index is 1.17. The molecule has 10 aromatic carbocycles. The molecule has 0 atom stereocenters. The third-order valence-corrected chi connectivity index (χ3v) is 15.6. The van der Waals surface area contributed by atoms with Crippen molar-refractivity contribution in [3.8, 4) is 50.2 Å². The van der Waals surface area contributed by atoms with E-state index in [9.17, 15) is 0 Å². The van der Waals surface area contributed by atoms with E-state index in [1.807, 2.05) is 0 Å². The Hall–Kier alpha value is -7.62. The summed E-state index contributed by atoms with van der Waals surface area (Å²) in [5.41, 5.74) is 21.1. The van der Waals surface area contributed by atoms with Gasteiger partial charge in [-0.05, 0) is 0 Å². The molecule has 298 valence electrons. The maximum atomic E-state index is 2.64. The molecule has 1 aromatic heterocycles. The van der Waals surface area contributed by atoms with Crippen LogP contribution in [0.1, 0.15) is 0 Å². The van der Waals surface area contributed by atoms with Gasteiger partial charge in [0.25, 0.3) is 0 Å². The average molecular weight is 878 g/mol. The van der Waals surface area contributed by atoms with Gasteiger partial charge in [-0.2, -0.15) is 0 Å². The molecule has 0 bridgehead atoms. The number of benzene rings is 10. The number of fused-ring (bicyclic) bond motifs is 7. The van der Waals surface area contributed by atoms with Gasteiger partial charge in [-0.25, -0.2) is 0 Å². The summed E-state index contributed by atoms with van der Waals surface area (Å²) in [6.45, 7) is 0.0189. The van der Waals surface area contributed by atoms with Crippen LogP contribution in [0.4, 0.5) is 17.1 Å². The van der Waals surface area contributed by atoms with E-state index in [1.54, 1.807) is 0 Å². The molecular formula is C60H39BN2Se. The van der Waals surface area contributed by atoms with Gasteiger partial charge < -0.3 is 0 Å². The summed E-state index contributed by atoms with van der Waals surface area (Å²) in [7, 11) is 0. The summed E-state index contributed by atoms with van der Waals surface area (Å²) in [4.78, 5) is 2.64. The van der Waals surface area contributed by atoms with Gasteiger partial charge >= 0.3 is 382 Å². The molecule has 0 radical (unpaired) electrons. The van der Waals surface area contributed by atoms with Crippen LogP contribution in [0.3, 0.4) is 0 Å². The van der Waals surface area contributed by atoms with Gasteiger partial charge in [-0.3, -0.25) is 0 Å². The Bertz CT molecular complexity index is 3470. The minimum atomic E-state index is 0.0189. The number of rotatable bonds is 6. The standard InChI is InChI=1S/C60H39BN2Se/c1-5-18-40(19-6-1)44-32-34-55-51(36-44)61-52-37-45(41-20-7-2-8-21-41)33-35-57(52)64-58-39-46(62-53-30-15-13-26-49(53)50-27-14-16-31-54(50)62)38-56(59(58)61)63(55)60-47(42-22-9-3-10-23-42)28-17-29-48(60)43-24-11-4-12-25-43/h1-39H. The zero-order chi connectivity index (χ0) is 42.1. The maximum absolute atomic E-state index is 2.64. The van der Waals surface area contributed by atoms with Crippen molar-refractivity contribution in [3.63, 3.8) is 0 Å². The minimum absolute atomic E-state index is 0.0189. The Morgan fingerprint density at radius 1 is 0.344 bits per heavy atom. The molecule has 11 aromatic rings. The van der Waals surface area contributed by atoms with E-state index in [0.29, 0.717) is 0 Å². The molecule has 0 saturated carbocycles. The van der Waals surface area contributed by atoms with E-state index in [-0.39, 0.29) is 21.7 Å². The van der Waals surface area contributed by atoms with Crippen molar-refractivity contribution < 1.29 is 0 Å². The Morgan fingerprint density at radius 2 is 0.844 bits per heavy atom. The van der Waals surface area contributed by atoms with Crippen LogP contribution in [0.25, 0.3) is 72.0 Å². The summed E-state index contributed by atoms with van der Waals surface area (Å²) in [5.74, 6) is 0. The van der Waals surface area contributed by atoms with Crippen LogP contribution >= 0.6 is 0 Å². The van der Waals surface area contributed by atoms with E-state index in [0.717, 1.165) is 0 Å². The zero-order valence-electron chi connectivity index (χ0n) is 34.9. The van der Waals surface area contributed by atoms with Crippen molar-refractivity contribution in [1.29, 1.82) is 0 Å². The summed E-state index contributed by atoms with van der Waals surface area (Å²) >= 11 is 0.0291. The first kappa shape index (κ1) is 37.0. The van der Waals surface area contributed by atoms with Crippen LogP contribution in [0.5, 0.6) is 0 Å². The molecule has 0 amide bonds. The molecule has 0 saturated heterocycles. The Labute approximate surface area is 380 Å². The molecule has 3 heterocycles. The molecule has 0 fully saturated rings. The molecule has 0 N–H and O–H groups in total. The van der Waals surface area contributed by atoms with E-state index < -0.39 is 0 Å². The number of anilines is 3. The van der Waals surface area contributed by atoms with Gasteiger partial charge in [0.15, 0.2) is 0 Å². The molecule has 2 aliphatic heterocycles. The van der Waals surface area contributed by atoms with Crippen LogP contribution in [-0.4, -0.2) is 26.2 Å². The average Bonchev–Trinajstić information content (AvgIpc) is 3.71. The van der Waals surface area contributed by atoms with Crippen molar-refractivity contribution in [2.45, 2.75) is 0 Å². The van der Waals surface area contributed by atoms with Crippen LogP contribution < -0.4 is 30.2 Å². The van der Waals surface area contributed by atoms with Crippen LogP contribution in [0.2, 0.25) is 0 Å². The fraction of sp³-hybridized carbons (Fsp3) is 0. The van der Waals surface area contributed by atoms with Crippen molar-refractivity contribution in [2.24, 2.45) is 0 Å². The van der Waals surface area contributed by atoms with Crippen LogP contribution in [-0.2, 0) is 0 Å². The quantitative estimate of drug-likeness (QED) is 0.151. The SMILES string of the molecule is c1ccc(-c2ccc3c(c2)B2c4cc(-c5ccccc5)ccc4N(c4c(-c5ccccc5)cccc4-c4ccccc4)c4cc(-n5c6ccccc6c6ccccc65)cc(c42)[Se]3)cc1. The summed E-state index contributed by atoms with van der Waals surface area (Å²) in [5, 5.41) is 2.53. The van der Waals surface area contributed by atoms with E-state index >= 15 is 0 Å². The molecule has 2 nitrogen and oxygen atoms in total. The topological polar surface area (TPSA) is 8.17 Å². The predicted octanol–water partition coefficient (Wildman–Crippen LogP) is 11.7. The normalized spacial score (nSPS) is 12.6. The fourth-order valence-electron chi connectivity index (χ4n) is 10.4. The van der Waals surface area contributed by atoms with Crippen molar-refractivity contribution in [2.75, 3.05) is 4.90 Å². The summed E-state index contributed by atoms with van der Waals surface area (Å²) < 4.78 is 5.37. The van der Waals surface area contributed by atoms with Gasteiger partial charge in [-0.1, -0.05) is 0 Å². The van der Waals surface area contributed by atoms with Gasteiger partial charge in [0, 0.05) is 0 Å². The Kier molecular flexibility index (Phi) is 8.69. The van der Waals surface area contributed by atoms with E-state index in [4.69, 9.17) is 0 Å². The van der Waals surface area contributed by atoms with Crippen molar-refractivity contribution in [1.82, 2.24) is 4.57 Å². The molecular weight excluding hydrogens is 838 g/mol. The first-order chi connectivity index (χ1) is 31.8. The summed E-state index contributed by atoms with van der Waals surface area (Å²) in [6.07, 6.45) is 0. The molecule has 0 unspecified atom stereocenters.